The van der Waals surface area contributed by atoms with Crippen molar-refractivity contribution in [2.24, 2.45) is 17.2 Å². The highest BCUT2D eigenvalue weighted by atomic mass is 15.2. The van der Waals surface area contributed by atoms with Gasteiger partial charge in [0, 0.05) is 29.0 Å². The first-order valence-electron chi connectivity index (χ1n) is 9.54. The fourth-order valence-corrected chi connectivity index (χ4v) is 1.99. The van der Waals surface area contributed by atoms with Crippen LogP contribution in [0.2, 0.25) is 0 Å². The van der Waals surface area contributed by atoms with Crippen molar-refractivity contribution in [3.05, 3.63) is 0 Å². The van der Waals surface area contributed by atoms with Gasteiger partial charge in [0.05, 0.1) is 0 Å². The molecule has 0 aromatic carbocycles. The van der Waals surface area contributed by atoms with Gasteiger partial charge in [-0.25, -0.2) is 0 Å². The summed E-state index contributed by atoms with van der Waals surface area (Å²) in [5, 5.41) is 0. The van der Waals surface area contributed by atoms with Crippen LogP contribution in [0.1, 0.15) is 65.3 Å². The maximum absolute atomic E-state index is 8.83. The van der Waals surface area contributed by atoms with Crippen molar-refractivity contribution in [1.29, 1.82) is 0 Å². The van der Waals surface area contributed by atoms with E-state index in [4.69, 9.17) is 11.0 Å². The molecule has 1 saturated carbocycles. The summed E-state index contributed by atoms with van der Waals surface area (Å²) in [5.41, 5.74) is -1.86. The van der Waals surface area contributed by atoms with Gasteiger partial charge in [0.25, 0.3) is 0 Å². The molecule has 15 heavy (non-hydrogen) atoms. The molecule has 1 heteroatoms. The lowest BCUT2D eigenvalue weighted by Gasteiger charge is -2.44. The lowest BCUT2D eigenvalue weighted by atomic mass is 9.73. The van der Waals surface area contributed by atoms with Crippen LogP contribution in [0.3, 0.4) is 0 Å². The van der Waals surface area contributed by atoms with Crippen LogP contribution in [-0.4, -0.2) is 23.0 Å². The molecule has 1 heterocycles. The van der Waals surface area contributed by atoms with Crippen molar-refractivity contribution in [2.75, 3.05) is 6.50 Å². The second-order valence-corrected chi connectivity index (χ2v) is 6.45. The molecule has 2 aliphatic rings. The largest absolute Gasteiger partial charge is 0.295 e. The van der Waals surface area contributed by atoms with Crippen LogP contribution in [0.4, 0.5) is 0 Å². The molecule has 0 N–H and O–H groups in total. The lowest BCUT2D eigenvalue weighted by molar-refractivity contribution is 0.0462. The first-order valence-corrected chi connectivity index (χ1v) is 5.54. The zero-order valence-corrected chi connectivity index (χ0v) is 10.5. The molecule has 1 aliphatic carbocycles. The Hall–Kier alpha value is -0.0400. The number of piperidine rings is 1. The topological polar surface area (TPSA) is 3.24 Å². The van der Waals surface area contributed by atoms with Gasteiger partial charge in [-0.15, -0.1) is 0 Å². The van der Waals surface area contributed by atoms with Gasteiger partial charge in [0.1, 0.15) is 0 Å². The third-order valence-corrected chi connectivity index (χ3v) is 2.82. The number of hydrogen-bond donors (Lipinski definition) is 0. The SMILES string of the molecule is [2H]C1([2H])C(C(C)(C)C)C2([2H])C([2H])([2H])N(C(C)(C)C)C1([2H])C2([2H])[2H]. The molecule has 1 saturated heterocycles. The second-order valence-electron chi connectivity index (χ2n) is 6.45. The van der Waals surface area contributed by atoms with E-state index in [2.05, 4.69) is 0 Å². The van der Waals surface area contributed by atoms with Gasteiger partial charge in [-0.2, -0.15) is 0 Å². The van der Waals surface area contributed by atoms with E-state index in [-0.39, 0.29) is 0 Å². The fraction of sp³-hybridized carbons (Fsp3) is 1.00. The van der Waals surface area contributed by atoms with Crippen molar-refractivity contribution in [3.8, 4) is 0 Å². The summed E-state index contributed by atoms with van der Waals surface area (Å²) in [6, 6.07) is -2.48. The summed E-state index contributed by atoms with van der Waals surface area (Å²) >= 11 is 0. The molecule has 88 valence electrons. The Bertz CT molecular complexity index is 486. The minimum Gasteiger partial charge on any atom is -0.295 e. The zero-order chi connectivity index (χ0) is 18.7. The Morgan fingerprint density at radius 3 is 2.20 bits per heavy atom. The van der Waals surface area contributed by atoms with Gasteiger partial charge in [0.15, 0.2) is 0 Å². The monoisotopic (exact) mass is 217 g/mol. The van der Waals surface area contributed by atoms with Crippen LogP contribution >= 0.6 is 0 Å². The smallest absolute Gasteiger partial charge is 0.0468 e. The summed E-state index contributed by atoms with van der Waals surface area (Å²) in [4.78, 5) is 0.947. The normalized spacial score (nSPS) is 65.3. The Morgan fingerprint density at radius 2 is 1.73 bits per heavy atom. The van der Waals surface area contributed by atoms with Gasteiger partial charge in [-0.1, -0.05) is 20.8 Å². The van der Waals surface area contributed by atoms with Crippen molar-refractivity contribution in [3.63, 3.8) is 0 Å². The van der Waals surface area contributed by atoms with Crippen LogP contribution in [0.15, 0.2) is 0 Å². The van der Waals surface area contributed by atoms with Crippen LogP contribution in [0.25, 0.3) is 0 Å². The third kappa shape index (κ3) is 1.95. The molecule has 0 radical (unpaired) electrons. The van der Waals surface area contributed by atoms with Crippen LogP contribution in [0, 0.1) is 17.2 Å². The molecule has 0 aromatic heterocycles. The van der Waals surface area contributed by atoms with Crippen molar-refractivity contribution >= 4 is 0 Å². The number of nitrogens with zero attached hydrogens (tertiary/aromatic N) is 1. The van der Waals surface area contributed by atoms with E-state index in [9.17, 15) is 0 Å². The molecular weight excluding hydrogens is 182 g/mol. The number of rotatable bonds is 0. The Kier molecular flexibility index (Phi) is 1.09. The highest BCUT2D eigenvalue weighted by Crippen LogP contribution is 2.51. The molecule has 2 bridgehead atoms. The Balaban J connectivity index is 2.93. The average molecular weight is 217 g/mol. The summed E-state index contributed by atoms with van der Waals surface area (Å²) < 4.78 is 68.7. The van der Waals surface area contributed by atoms with Crippen molar-refractivity contribution in [1.82, 2.24) is 4.90 Å². The number of hydrogen-bond acceptors (Lipinski definition) is 1. The van der Waals surface area contributed by atoms with Gasteiger partial charge >= 0.3 is 0 Å². The predicted molar refractivity (Wildman–Crippen MR) is 65.9 cm³/mol. The lowest BCUT2D eigenvalue weighted by Crippen LogP contribution is -2.48. The van der Waals surface area contributed by atoms with Crippen molar-refractivity contribution in [2.45, 2.75) is 65.8 Å². The highest BCUT2D eigenvalue weighted by molar-refractivity contribution is 5.03. The molecule has 0 amide bonds. The van der Waals surface area contributed by atoms with Crippen molar-refractivity contribution < 1.29 is 11.0 Å². The van der Waals surface area contributed by atoms with Crippen LogP contribution in [-0.2, 0) is 0 Å². The second kappa shape index (κ2) is 3.23. The fourth-order valence-electron chi connectivity index (χ4n) is 1.99. The molecule has 0 spiro atoms. The van der Waals surface area contributed by atoms with Gasteiger partial charge in [0.2, 0.25) is 0 Å². The number of likely N-dealkylation sites (tertiary alicyclic amines) is 1. The van der Waals surface area contributed by atoms with E-state index in [0.717, 1.165) is 4.90 Å². The predicted octanol–water partition coefficient (Wildman–Crippen LogP) is 3.54. The molecule has 3 atom stereocenters. The highest BCUT2D eigenvalue weighted by Gasteiger charge is 2.50. The van der Waals surface area contributed by atoms with Gasteiger partial charge < -0.3 is 0 Å². The minimum atomic E-state index is -2.67. The van der Waals surface area contributed by atoms with Gasteiger partial charge in [-0.05, 0) is 50.7 Å². The van der Waals surface area contributed by atoms with E-state index >= 15 is 0 Å². The summed E-state index contributed by atoms with van der Waals surface area (Å²) in [7, 11) is 0. The zero-order valence-electron chi connectivity index (χ0n) is 18.5. The Labute approximate surface area is 106 Å². The average Bonchev–Trinajstić information content (AvgIpc) is 2.35. The third-order valence-electron chi connectivity index (χ3n) is 2.82. The first kappa shape index (κ1) is 5.08. The molecular formula is C14H27N. The van der Waals surface area contributed by atoms with E-state index in [1.807, 2.05) is 0 Å². The molecule has 2 fully saturated rings. The maximum atomic E-state index is 8.83. The minimum absolute atomic E-state index is 0.862. The summed E-state index contributed by atoms with van der Waals surface area (Å²) in [6.45, 7) is 7.46. The quantitative estimate of drug-likeness (QED) is 0.600. The van der Waals surface area contributed by atoms with E-state index in [1.54, 1.807) is 41.5 Å². The maximum Gasteiger partial charge on any atom is 0.0468 e. The Morgan fingerprint density at radius 1 is 1.13 bits per heavy atom. The number of fused-ring (bicyclic) bond motifs is 2. The first-order chi connectivity index (χ1) is 9.73. The standard InChI is InChI=1S/C14H27N/c1-13(2,3)12-8-11-7-10(12)9-15(11)14(4,5)6/h10-12H,7-9H2,1-6H3/i7D2,8D2,9D2,10D,11D. The van der Waals surface area contributed by atoms with E-state index in [0.29, 0.717) is 0 Å². The van der Waals surface area contributed by atoms with Gasteiger partial charge in [-0.3, -0.25) is 4.90 Å². The molecule has 1 nitrogen and oxygen atoms in total. The van der Waals surface area contributed by atoms with E-state index in [1.165, 1.54) is 0 Å². The van der Waals surface area contributed by atoms with E-state index < -0.39 is 48.0 Å². The molecule has 3 unspecified atom stereocenters. The van der Waals surface area contributed by atoms with Crippen LogP contribution in [0.5, 0.6) is 0 Å². The molecule has 2 rings (SSSR count). The summed E-state index contributed by atoms with van der Waals surface area (Å²) in [5.74, 6) is -3.65. The summed E-state index contributed by atoms with van der Waals surface area (Å²) in [6.07, 6.45) is -5.05. The van der Waals surface area contributed by atoms with Crippen LogP contribution < -0.4 is 0 Å². The molecule has 0 aromatic rings. The molecule has 1 aliphatic heterocycles.